The van der Waals surface area contributed by atoms with E-state index in [1.165, 1.54) is 37.5 Å². The van der Waals surface area contributed by atoms with E-state index in [4.69, 9.17) is 4.74 Å². The minimum Gasteiger partial charge on any atom is -0.475 e. The van der Waals surface area contributed by atoms with Gasteiger partial charge in [0.1, 0.15) is 12.4 Å². The van der Waals surface area contributed by atoms with Crippen LogP contribution in [0.15, 0.2) is 65.8 Å². The van der Waals surface area contributed by atoms with Crippen LogP contribution >= 0.6 is 0 Å². The summed E-state index contributed by atoms with van der Waals surface area (Å²) in [7, 11) is -4.20. The highest BCUT2D eigenvalue weighted by molar-refractivity contribution is 7.92. The van der Waals surface area contributed by atoms with Crippen LogP contribution in [0.4, 0.5) is 11.6 Å². The predicted molar refractivity (Wildman–Crippen MR) is 174 cm³/mol. The molecule has 46 heavy (non-hydrogen) atoms. The summed E-state index contributed by atoms with van der Waals surface area (Å²) in [6.45, 7) is 11.5. The number of anilines is 2. The van der Waals surface area contributed by atoms with Gasteiger partial charge < -0.3 is 15.0 Å². The van der Waals surface area contributed by atoms with Crippen molar-refractivity contribution in [2.75, 3.05) is 16.6 Å². The SMILES string of the molecule is CC(=O)Nc1cnc(CN2C(=O)c3cccc(c3)S(=O)(=O)Nc3nc(cc(-c4c(C)cccc4C)n3)OC[C@H]2CC(C)(C)C)nc1. The molecule has 2 aromatic heterocycles. The Morgan fingerprint density at radius 3 is 2.37 bits per heavy atom. The fourth-order valence-corrected chi connectivity index (χ4v) is 6.39. The van der Waals surface area contributed by atoms with E-state index in [0.29, 0.717) is 23.6 Å². The summed E-state index contributed by atoms with van der Waals surface area (Å²) in [4.78, 5) is 45.0. The van der Waals surface area contributed by atoms with Crippen LogP contribution in [0.2, 0.25) is 0 Å². The molecule has 4 bridgehead atoms. The molecule has 1 aliphatic heterocycles. The van der Waals surface area contributed by atoms with Crippen LogP contribution in [-0.4, -0.2) is 57.7 Å². The number of hydrogen-bond acceptors (Lipinski definition) is 9. The van der Waals surface area contributed by atoms with Gasteiger partial charge in [-0.3, -0.25) is 9.59 Å². The molecule has 0 saturated carbocycles. The summed E-state index contributed by atoms with van der Waals surface area (Å²) in [5.74, 6) is -0.345. The standard InChI is InChI=1S/C33H37N7O5S/c1-20-9-7-10-21(2)30(20)27-14-29-38-32(37-27)39-46(43,44)26-12-8-11-23(13-26)31(42)40(25(19-45-29)15-33(4,5)6)18-28-34-16-24(17-35-28)36-22(3)41/h7-14,16-17,25H,15,18-19H2,1-6H3,(H,36,41)(H,37,38,39)/t25-/m1/s1. The Morgan fingerprint density at radius 2 is 1.72 bits per heavy atom. The Hall–Kier alpha value is -4.91. The Balaban J connectivity index is 1.64. The number of carbonyl (C=O) groups is 2. The van der Waals surface area contributed by atoms with Crippen molar-refractivity contribution in [3.8, 4) is 17.1 Å². The summed E-state index contributed by atoms with van der Waals surface area (Å²) < 4.78 is 36.0. The maximum absolute atomic E-state index is 14.3. The third kappa shape index (κ3) is 7.65. The summed E-state index contributed by atoms with van der Waals surface area (Å²) >= 11 is 0. The van der Waals surface area contributed by atoms with Gasteiger partial charge in [-0.15, -0.1) is 0 Å². The Bertz CT molecular complexity index is 1870. The van der Waals surface area contributed by atoms with Crippen molar-refractivity contribution in [3.63, 3.8) is 0 Å². The predicted octanol–water partition coefficient (Wildman–Crippen LogP) is 5.15. The molecule has 0 saturated heterocycles. The van der Waals surface area contributed by atoms with Crippen molar-refractivity contribution in [1.82, 2.24) is 24.8 Å². The Kier molecular flexibility index (Phi) is 9.06. The molecule has 2 N–H and O–H groups in total. The molecular weight excluding hydrogens is 606 g/mol. The molecule has 12 nitrogen and oxygen atoms in total. The Labute approximate surface area is 268 Å². The topological polar surface area (TPSA) is 156 Å². The smallest absolute Gasteiger partial charge is 0.264 e. The number of carbonyl (C=O) groups excluding carboxylic acids is 2. The average Bonchev–Trinajstić information content (AvgIpc) is 2.97. The highest BCUT2D eigenvalue weighted by Crippen LogP contribution is 2.31. The van der Waals surface area contributed by atoms with Crippen LogP contribution in [0.25, 0.3) is 11.3 Å². The first-order valence-electron chi connectivity index (χ1n) is 14.8. The van der Waals surface area contributed by atoms with Crippen molar-refractivity contribution in [2.24, 2.45) is 5.41 Å². The van der Waals surface area contributed by atoms with E-state index in [9.17, 15) is 18.0 Å². The van der Waals surface area contributed by atoms with Crippen molar-refractivity contribution < 1.29 is 22.7 Å². The molecule has 13 heteroatoms. The quantitative estimate of drug-likeness (QED) is 0.300. The van der Waals surface area contributed by atoms with Gasteiger partial charge in [0.05, 0.1) is 41.3 Å². The molecule has 0 spiro atoms. The molecule has 4 aromatic rings. The van der Waals surface area contributed by atoms with Crippen LogP contribution < -0.4 is 14.8 Å². The van der Waals surface area contributed by atoms with E-state index in [1.807, 2.05) is 32.0 Å². The number of fused-ring (bicyclic) bond motifs is 4. The monoisotopic (exact) mass is 643 g/mol. The molecule has 5 rings (SSSR count). The second-order valence-electron chi connectivity index (χ2n) is 12.5. The van der Waals surface area contributed by atoms with Crippen LogP contribution in [0.1, 0.15) is 61.4 Å². The van der Waals surface area contributed by atoms with Gasteiger partial charge in [0.15, 0.2) is 0 Å². The van der Waals surface area contributed by atoms with Gasteiger partial charge in [-0.05, 0) is 55.0 Å². The molecule has 2 aromatic carbocycles. The van der Waals surface area contributed by atoms with Gasteiger partial charge in [0.25, 0.3) is 15.9 Å². The molecule has 3 heterocycles. The molecule has 1 aliphatic rings. The van der Waals surface area contributed by atoms with Gasteiger partial charge in [-0.2, -0.15) is 4.98 Å². The summed E-state index contributed by atoms with van der Waals surface area (Å²) in [6.07, 6.45) is 3.47. The van der Waals surface area contributed by atoms with E-state index >= 15 is 0 Å². The molecular formula is C33H37N7O5S. The number of benzene rings is 2. The van der Waals surface area contributed by atoms with E-state index in [-0.39, 0.29) is 46.8 Å². The first kappa shape index (κ1) is 32.5. The molecule has 240 valence electrons. The maximum atomic E-state index is 14.3. The normalized spacial score (nSPS) is 16.3. The number of hydrogen-bond donors (Lipinski definition) is 2. The first-order chi connectivity index (χ1) is 21.7. The number of ether oxygens (including phenoxy) is 1. The van der Waals surface area contributed by atoms with Crippen LogP contribution in [-0.2, 0) is 21.4 Å². The molecule has 0 unspecified atom stereocenters. The molecule has 0 fully saturated rings. The number of aromatic nitrogens is 4. The lowest BCUT2D eigenvalue weighted by atomic mass is 9.87. The van der Waals surface area contributed by atoms with E-state index in [1.54, 1.807) is 17.0 Å². The van der Waals surface area contributed by atoms with Gasteiger partial charge in [-0.1, -0.05) is 45.0 Å². The van der Waals surface area contributed by atoms with Gasteiger partial charge >= 0.3 is 0 Å². The zero-order valence-corrected chi connectivity index (χ0v) is 27.5. The molecule has 2 amide bonds. The fraction of sp³-hybridized carbons (Fsp3) is 0.333. The molecule has 0 radical (unpaired) electrons. The lowest BCUT2D eigenvalue weighted by Gasteiger charge is -2.35. The highest BCUT2D eigenvalue weighted by atomic mass is 32.2. The van der Waals surface area contributed by atoms with Crippen molar-refractivity contribution >= 4 is 33.5 Å². The van der Waals surface area contributed by atoms with Gasteiger partial charge in [0, 0.05) is 24.1 Å². The average molecular weight is 644 g/mol. The van der Waals surface area contributed by atoms with Crippen LogP contribution in [0, 0.1) is 19.3 Å². The minimum absolute atomic E-state index is 0.00119. The zero-order chi connectivity index (χ0) is 33.2. The minimum atomic E-state index is -4.20. The highest BCUT2D eigenvalue weighted by Gasteiger charge is 2.32. The first-order valence-corrected chi connectivity index (χ1v) is 16.3. The zero-order valence-electron chi connectivity index (χ0n) is 26.7. The third-order valence-corrected chi connectivity index (χ3v) is 8.69. The fourth-order valence-electron chi connectivity index (χ4n) is 5.40. The molecule has 0 aliphatic carbocycles. The number of aryl methyl sites for hydroxylation is 2. The van der Waals surface area contributed by atoms with E-state index in [2.05, 4.69) is 50.7 Å². The number of nitrogens with one attached hydrogen (secondary N) is 2. The van der Waals surface area contributed by atoms with Gasteiger partial charge in [0.2, 0.25) is 17.7 Å². The second kappa shape index (κ2) is 12.8. The van der Waals surface area contributed by atoms with Crippen molar-refractivity contribution in [3.05, 3.63) is 83.4 Å². The summed E-state index contributed by atoms with van der Waals surface area (Å²) in [5, 5.41) is 2.64. The summed E-state index contributed by atoms with van der Waals surface area (Å²) in [5.41, 5.74) is 3.60. The summed E-state index contributed by atoms with van der Waals surface area (Å²) in [6, 6.07) is 12.9. The number of amides is 2. The number of rotatable bonds is 5. The lowest BCUT2D eigenvalue weighted by molar-refractivity contribution is -0.114. The van der Waals surface area contributed by atoms with E-state index in [0.717, 1.165) is 16.7 Å². The lowest BCUT2D eigenvalue weighted by Crippen LogP contribution is -2.45. The van der Waals surface area contributed by atoms with Crippen molar-refractivity contribution in [2.45, 2.75) is 65.4 Å². The van der Waals surface area contributed by atoms with Crippen LogP contribution in [0.5, 0.6) is 5.88 Å². The molecule has 1 atom stereocenters. The maximum Gasteiger partial charge on any atom is 0.264 e. The van der Waals surface area contributed by atoms with Crippen molar-refractivity contribution in [1.29, 1.82) is 0 Å². The van der Waals surface area contributed by atoms with Gasteiger partial charge in [-0.25, -0.2) is 28.1 Å². The Morgan fingerprint density at radius 1 is 1.04 bits per heavy atom. The third-order valence-electron chi connectivity index (χ3n) is 7.37. The van der Waals surface area contributed by atoms with Crippen LogP contribution in [0.3, 0.4) is 0 Å². The second-order valence-corrected chi connectivity index (χ2v) is 14.2. The largest absolute Gasteiger partial charge is 0.475 e. The van der Waals surface area contributed by atoms with E-state index < -0.39 is 22.0 Å². The number of sulfonamides is 1. The number of nitrogens with zero attached hydrogens (tertiary/aromatic N) is 5.